The summed E-state index contributed by atoms with van der Waals surface area (Å²) in [7, 11) is -0.403. The van der Waals surface area contributed by atoms with Crippen LogP contribution in [0, 0.1) is 0 Å². The third-order valence-electron chi connectivity index (χ3n) is 9.60. The Morgan fingerprint density at radius 2 is 0.946 bits per heavy atom. The molecule has 0 saturated carbocycles. The second-order valence-corrected chi connectivity index (χ2v) is 12.4. The predicted octanol–water partition coefficient (Wildman–Crippen LogP) is 6.99. The second kappa shape index (κ2) is 7.25. The fourth-order valence-corrected chi connectivity index (χ4v) is 7.00. The molecule has 4 aromatic carbocycles. The van der Waals surface area contributed by atoms with Gasteiger partial charge in [0.25, 0.3) is 0 Å². The normalized spacial score (nSPS) is 20.8. The summed E-state index contributed by atoms with van der Waals surface area (Å²) in [5.41, 5.74) is 10.6. The number of rotatable bonds is 1. The molecule has 3 aliphatic rings. The highest BCUT2D eigenvalue weighted by atomic mass is 16.7. The van der Waals surface area contributed by atoms with Gasteiger partial charge in [0.05, 0.1) is 16.6 Å². The van der Waals surface area contributed by atoms with Crippen molar-refractivity contribution in [2.45, 2.75) is 63.6 Å². The summed E-state index contributed by atoms with van der Waals surface area (Å²) in [6, 6.07) is 33.9. The van der Waals surface area contributed by atoms with Crippen molar-refractivity contribution in [2.75, 3.05) is 0 Å². The molecular weight excluding hydrogens is 451 g/mol. The molecule has 0 aromatic heterocycles. The SMILES string of the molecule is CC1(C)c2ccccc2C2(c3ccccc3-c3ccccc32)c2cc(B3OC(C)(C)C(C)(C)O3)ccc21. The zero-order valence-electron chi connectivity index (χ0n) is 22.6. The average Bonchev–Trinajstić information content (AvgIpc) is 3.30. The molecule has 1 fully saturated rings. The van der Waals surface area contributed by atoms with E-state index < -0.39 is 12.5 Å². The number of benzene rings is 4. The summed E-state index contributed by atoms with van der Waals surface area (Å²) < 4.78 is 13.1. The summed E-state index contributed by atoms with van der Waals surface area (Å²) in [6.45, 7) is 13.2. The van der Waals surface area contributed by atoms with Crippen LogP contribution in [0.25, 0.3) is 11.1 Å². The van der Waals surface area contributed by atoms with Crippen molar-refractivity contribution in [2.24, 2.45) is 0 Å². The average molecular weight is 484 g/mol. The lowest BCUT2D eigenvalue weighted by molar-refractivity contribution is 0.00578. The molecule has 37 heavy (non-hydrogen) atoms. The largest absolute Gasteiger partial charge is 0.494 e. The van der Waals surface area contributed by atoms with Crippen LogP contribution in [0.1, 0.15) is 74.9 Å². The zero-order valence-corrected chi connectivity index (χ0v) is 22.6. The Kier molecular flexibility index (Phi) is 4.51. The van der Waals surface area contributed by atoms with Crippen LogP contribution in [-0.2, 0) is 20.1 Å². The van der Waals surface area contributed by atoms with Crippen molar-refractivity contribution in [1.29, 1.82) is 0 Å². The van der Waals surface area contributed by atoms with Crippen molar-refractivity contribution in [1.82, 2.24) is 0 Å². The van der Waals surface area contributed by atoms with Gasteiger partial charge < -0.3 is 9.31 Å². The molecule has 1 saturated heterocycles. The van der Waals surface area contributed by atoms with Gasteiger partial charge in [-0.3, -0.25) is 0 Å². The third-order valence-corrected chi connectivity index (χ3v) is 9.60. The van der Waals surface area contributed by atoms with E-state index in [1.54, 1.807) is 0 Å². The van der Waals surface area contributed by atoms with Crippen LogP contribution in [0.4, 0.5) is 0 Å². The van der Waals surface area contributed by atoms with Crippen LogP contribution in [0.5, 0.6) is 0 Å². The molecule has 3 heteroatoms. The molecule has 1 aliphatic heterocycles. The highest BCUT2D eigenvalue weighted by Crippen LogP contribution is 2.61. The lowest BCUT2D eigenvalue weighted by Gasteiger charge is -2.47. The van der Waals surface area contributed by atoms with Gasteiger partial charge in [-0.05, 0) is 77.7 Å². The fourth-order valence-electron chi connectivity index (χ4n) is 7.00. The minimum absolute atomic E-state index is 0.141. The van der Waals surface area contributed by atoms with Gasteiger partial charge in [-0.2, -0.15) is 0 Å². The molecule has 0 radical (unpaired) electrons. The summed E-state index contributed by atoms with van der Waals surface area (Å²) in [5.74, 6) is 0. The molecule has 1 spiro atoms. The number of fused-ring (bicyclic) bond motifs is 9. The van der Waals surface area contributed by atoms with Crippen molar-refractivity contribution in [3.05, 3.63) is 124 Å². The first-order valence-electron chi connectivity index (χ1n) is 13.4. The van der Waals surface area contributed by atoms with Crippen molar-refractivity contribution in [3.63, 3.8) is 0 Å². The molecule has 2 aliphatic carbocycles. The molecule has 1 heterocycles. The third kappa shape index (κ3) is 2.79. The summed E-state index contributed by atoms with van der Waals surface area (Å²) >= 11 is 0. The van der Waals surface area contributed by atoms with Crippen molar-refractivity contribution < 1.29 is 9.31 Å². The molecular formula is C34H33BO2. The van der Waals surface area contributed by atoms with E-state index in [2.05, 4.69) is 133 Å². The minimum Gasteiger partial charge on any atom is -0.399 e. The number of hydrogen-bond acceptors (Lipinski definition) is 2. The van der Waals surface area contributed by atoms with E-state index in [9.17, 15) is 0 Å². The Hall–Kier alpha value is -3.14. The molecule has 0 bridgehead atoms. The molecule has 0 amide bonds. The first-order chi connectivity index (χ1) is 17.6. The van der Waals surface area contributed by atoms with Gasteiger partial charge in [0.1, 0.15) is 0 Å². The summed E-state index contributed by atoms with van der Waals surface area (Å²) in [6.07, 6.45) is 0. The van der Waals surface area contributed by atoms with Crippen LogP contribution < -0.4 is 5.46 Å². The Labute approximate surface area is 220 Å². The Balaban J connectivity index is 1.58. The molecule has 0 unspecified atom stereocenters. The first-order valence-corrected chi connectivity index (χ1v) is 13.4. The topological polar surface area (TPSA) is 18.5 Å². The van der Waals surface area contributed by atoms with Crippen molar-refractivity contribution in [3.8, 4) is 11.1 Å². The maximum atomic E-state index is 6.53. The van der Waals surface area contributed by atoms with Gasteiger partial charge in [-0.15, -0.1) is 0 Å². The number of hydrogen-bond donors (Lipinski definition) is 0. The first kappa shape index (κ1) is 23.0. The highest BCUT2D eigenvalue weighted by Gasteiger charge is 2.55. The zero-order chi connectivity index (χ0) is 25.8. The van der Waals surface area contributed by atoms with Crippen LogP contribution >= 0.6 is 0 Å². The minimum atomic E-state index is -0.403. The Morgan fingerprint density at radius 1 is 0.486 bits per heavy atom. The Bertz CT molecular complexity index is 1520. The van der Waals surface area contributed by atoms with Gasteiger partial charge in [0.15, 0.2) is 0 Å². The van der Waals surface area contributed by atoms with Gasteiger partial charge in [-0.25, -0.2) is 0 Å². The maximum absolute atomic E-state index is 6.53. The molecule has 184 valence electrons. The summed E-state index contributed by atoms with van der Waals surface area (Å²) in [5, 5.41) is 0. The van der Waals surface area contributed by atoms with Gasteiger partial charge in [0, 0.05) is 5.41 Å². The lowest BCUT2D eigenvalue weighted by Crippen LogP contribution is -2.43. The van der Waals surface area contributed by atoms with E-state index in [4.69, 9.17) is 9.31 Å². The van der Waals surface area contributed by atoms with E-state index in [0.29, 0.717) is 0 Å². The van der Waals surface area contributed by atoms with Crippen molar-refractivity contribution >= 4 is 12.6 Å². The standard InChI is InChI=1S/C34H33BO2/c1-31(2)27-17-11-12-18-29(27)34(25-15-9-7-13-23(25)24-14-8-10-16-26(24)34)30-21-22(19-20-28(30)31)35-36-32(3,4)33(5,6)37-35/h7-21H,1-6H3. The monoisotopic (exact) mass is 484 g/mol. The fraction of sp³-hybridized carbons (Fsp3) is 0.294. The second-order valence-electron chi connectivity index (χ2n) is 12.4. The smallest absolute Gasteiger partial charge is 0.399 e. The maximum Gasteiger partial charge on any atom is 0.494 e. The van der Waals surface area contributed by atoms with E-state index in [1.165, 1.54) is 44.5 Å². The quantitative estimate of drug-likeness (QED) is 0.239. The molecule has 4 aromatic rings. The predicted molar refractivity (Wildman–Crippen MR) is 152 cm³/mol. The summed E-state index contributed by atoms with van der Waals surface area (Å²) in [4.78, 5) is 0. The van der Waals surface area contributed by atoms with Gasteiger partial charge >= 0.3 is 7.12 Å². The van der Waals surface area contributed by atoms with Crippen LogP contribution in [0.3, 0.4) is 0 Å². The van der Waals surface area contributed by atoms with Gasteiger partial charge in [0.2, 0.25) is 0 Å². The van der Waals surface area contributed by atoms with Crippen LogP contribution in [-0.4, -0.2) is 18.3 Å². The van der Waals surface area contributed by atoms with E-state index in [0.717, 1.165) is 5.46 Å². The van der Waals surface area contributed by atoms with E-state index in [-0.39, 0.29) is 16.6 Å². The van der Waals surface area contributed by atoms with E-state index >= 15 is 0 Å². The lowest BCUT2D eigenvalue weighted by atomic mass is 9.54. The van der Waals surface area contributed by atoms with Crippen LogP contribution in [0.2, 0.25) is 0 Å². The Morgan fingerprint density at radius 3 is 1.51 bits per heavy atom. The highest BCUT2D eigenvalue weighted by molar-refractivity contribution is 6.62. The molecule has 2 nitrogen and oxygen atoms in total. The van der Waals surface area contributed by atoms with Crippen LogP contribution in [0.15, 0.2) is 91.0 Å². The molecule has 0 N–H and O–H groups in total. The van der Waals surface area contributed by atoms with Gasteiger partial charge in [-0.1, -0.05) is 105 Å². The molecule has 7 rings (SSSR count). The molecule has 0 atom stereocenters. The van der Waals surface area contributed by atoms with E-state index in [1.807, 2.05) is 0 Å².